The standard InChI is InChI=1S/C5H5.CH3.2ClH.Ti/c1-2-4-5-3-1;;;;/h1-3H,4H2;1H3;2*1H;. The van der Waals surface area contributed by atoms with Gasteiger partial charge in [-0.1, -0.05) is 0 Å². The fourth-order valence-corrected chi connectivity index (χ4v) is 1.55. The van der Waals surface area contributed by atoms with Gasteiger partial charge in [-0.2, -0.15) is 0 Å². The molecule has 0 saturated heterocycles. The van der Waals surface area contributed by atoms with E-state index < -0.39 is 0 Å². The summed E-state index contributed by atoms with van der Waals surface area (Å²) in [6, 6.07) is 0. The molecule has 52 valence electrons. The van der Waals surface area contributed by atoms with E-state index in [1.807, 2.05) is 0 Å². The van der Waals surface area contributed by atoms with Crippen LogP contribution in [-0.2, 0) is 19.2 Å². The molecule has 9 heavy (non-hydrogen) atoms. The summed E-state index contributed by atoms with van der Waals surface area (Å²) in [7, 11) is 0. The zero-order chi connectivity index (χ0) is 5.11. The van der Waals surface area contributed by atoms with Crippen LogP contribution in [0.1, 0.15) is 6.42 Å². The monoisotopic (exact) mass is 200 g/mol. The van der Waals surface area contributed by atoms with Gasteiger partial charge in [0, 0.05) is 0 Å². The first-order chi connectivity index (χ1) is 3.43. The Bertz CT molecular complexity index is 118. The molecular weight excluding hydrogens is 191 g/mol. The summed E-state index contributed by atoms with van der Waals surface area (Å²) >= 11 is 0.292. The van der Waals surface area contributed by atoms with Crippen molar-refractivity contribution in [3.8, 4) is 0 Å². The first-order valence-electron chi connectivity index (χ1n) is 2.47. The van der Waals surface area contributed by atoms with Crippen molar-refractivity contribution in [3.05, 3.63) is 22.1 Å². The molecule has 0 aromatic rings. The van der Waals surface area contributed by atoms with Crippen LogP contribution in [0.5, 0.6) is 0 Å². The van der Waals surface area contributed by atoms with Gasteiger partial charge in [-0.05, 0) is 0 Å². The van der Waals surface area contributed by atoms with Gasteiger partial charge in [0.1, 0.15) is 0 Å². The summed E-state index contributed by atoms with van der Waals surface area (Å²) in [5.41, 5.74) is 0. The second kappa shape index (κ2) is 6.89. The van der Waals surface area contributed by atoms with Gasteiger partial charge >= 0.3 is 52.9 Å². The van der Waals surface area contributed by atoms with Crippen molar-refractivity contribution in [2.45, 2.75) is 11.6 Å². The van der Waals surface area contributed by atoms with Crippen molar-refractivity contribution in [3.63, 3.8) is 0 Å². The summed E-state index contributed by atoms with van der Waals surface area (Å²) < 4.78 is 1.68. The van der Waals surface area contributed by atoms with Crippen molar-refractivity contribution < 1.29 is 19.2 Å². The van der Waals surface area contributed by atoms with Gasteiger partial charge in [-0.25, -0.2) is 0 Å². The molecular formula is C6H10Cl2Ti. The minimum absolute atomic E-state index is 0. The quantitative estimate of drug-likeness (QED) is 0.572. The minimum atomic E-state index is 0. The Hall–Kier alpha value is 0.774. The molecule has 1 aliphatic carbocycles. The maximum atomic E-state index is 2.32. The van der Waals surface area contributed by atoms with Crippen LogP contribution in [0.2, 0.25) is 5.23 Å². The molecule has 0 N–H and O–H groups in total. The van der Waals surface area contributed by atoms with Crippen LogP contribution in [0.25, 0.3) is 0 Å². The van der Waals surface area contributed by atoms with Gasteiger partial charge in [0.05, 0.1) is 0 Å². The van der Waals surface area contributed by atoms with Crippen LogP contribution in [0, 0.1) is 0 Å². The predicted octanol–water partition coefficient (Wildman–Crippen LogP) is 2.80. The van der Waals surface area contributed by atoms with Gasteiger partial charge in [-0.3, -0.25) is 0 Å². The summed E-state index contributed by atoms with van der Waals surface area (Å²) in [5.74, 6) is 0. The van der Waals surface area contributed by atoms with E-state index in [9.17, 15) is 0 Å². The van der Waals surface area contributed by atoms with E-state index in [1.165, 1.54) is 6.42 Å². The summed E-state index contributed by atoms with van der Waals surface area (Å²) in [5, 5.41) is 2.32. The Balaban J connectivity index is 0. The van der Waals surface area contributed by atoms with Crippen LogP contribution >= 0.6 is 24.8 Å². The van der Waals surface area contributed by atoms with Crippen molar-refractivity contribution >= 4 is 24.8 Å². The Morgan fingerprint density at radius 1 is 1.44 bits per heavy atom. The van der Waals surface area contributed by atoms with Gasteiger partial charge in [0.15, 0.2) is 0 Å². The van der Waals surface area contributed by atoms with E-state index in [0.717, 1.165) is 0 Å². The third-order valence-electron chi connectivity index (χ3n) is 1.09. The predicted molar refractivity (Wildman–Crippen MR) is 42.2 cm³/mol. The molecule has 0 bridgehead atoms. The fourth-order valence-electron chi connectivity index (χ4n) is 0.633. The molecule has 0 nitrogen and oxygen atoms in total. The van der Waals surface area contributed by atoms with Gasteiger partial charge < -0.3 is 0 Å². The third-order valence-corrected chi connectivity index (χ3v) is 2.67. The molecule has 0 aliphatic heterocycles. The first kappa shape index (κ1) is 12.5. The van der Waals surface area contributed by atoms with E-state index >= 15 is 0 Å². The molecule has 0 radical (unpaired) electrons. The Kier molecular flexibility index (Phi) is 9.53. The average Bonchev–Trinajstić information content (AvgIpc) is 2.14. The summed E-state index contributed by atoms with van der Waals surface area (Å²) in [6.07, 6.45) is 7.88. The topological polar surface area (TPSA) is 0 Å². The van der Waals surface area contributed by atoms with Gasteiger partial charge in [0.2, 0.25) is 0 Å². The van der Waals surface area contributed by atoms with Crippen molar-refractivity contribution in [1.29, 1.82) is 0 Å². The molecule has 0 atom stereocenters. The molecule has 0 spiro atoms. The Morgan fingerprint density at radius 2 is 2.11 bits per heavy atom. The van der Waals surface area contributed by atoms with Crippen LogP contribution in [0.3, 0.4) is 0 Å². The average molecular weight is 201 g/mol. The van der Waals surface area contributed by atoms with E-state index in [2.05, 4.69) is 23.5 Å². The first-order valence-corrected chi connectivity index (χ1v) is 4.81. The molecule has 3 heteroatoms. The Morgan fingerprint density at radius 3 is 2.33 bits per heavy atom. The molecule has 1 rings (SSSR count). The SMILES string of the molecule is Cl.Cl.[CH3][Ti][C]1=CC=CC1. The van der Waals surface area contributed by atoms with Crippen molar-refractivity contribution in [2.75, 3.05) is 0 Å². The zero-order valence-corrected chi connectivity index (χ0v) is 8.45. The second-order valence-corrected chi connectivity index (χ2v) is 3.36. The normalized spacial score (nSPS) is 13.2. The van der Waals surface area contributed by atoms with Crippen LogP contribution < -0.4 is 0 Å². The molecule has 0 unspecified atom stereocenters. The molecule has 0 fully saturated rings. The summed E-state index contributed by atoms with van der Waals surface area (Å²) in [6.45, 7) is 0. The maximum absolute atomic E-state index is 2.32. The van der Waals surface area contributed by atoms with Crippen LogP contribution in [0.15, 0.2) is 22.1 Å². The Labute approximate surface area is 77.5 Å². The van der Waals surface area contributed by atoms with E-state index in [-0.39, 0.29) is 24.8 Å². The van der Waals surface area contributed by atoms with E-state index in [0.29, 0.717) is 19.2 Å². The number of hydrogen-bond acceptors (Lipinski definition) is 0. The number of halogens is 2. The third kappa shape index (κ3) is 4.21. The molecule has 0 heterocycles. The number of hydrogen-bond donors (Lipinski definition) is 0. The van der Waals surface area contributed by atoms with Crippen LogP contribution in [0.4, 0.5) is 0 Å². The van der Waals surface area contributed by atoms with Gasteiger partial charge in [-0.15, -0.1) is 24.8 Å². The van der Waals surface area contributed by atoms with E-state index in [1.54, 1.807) is 3.88 Å². The molecule has 1 aliphatic rings. The van der Waals surface area contributed by atoms with Crippen molar-refractivity contribution in [2.24, 2.45) is 0 Å². The van der Waals surface area contributed by atoms with Gasteiger partial charge in [0.25, 0.3) is 0 Å². The fraction of sp³-hybridized carbons (Fsp3) is 0.333. The molecule has 0 saturated carbocycles. The zero-order valence-electron chi connectivity index (χ0n) is 5.26. The van der Waals surface area contributed by atoms with E-state index in [4.69, 9.17) is 0 Å². The van der Waals surface area contributed by atoms with Crippen molar-refractivity contribution in [1.82, 2.24) is 0 Å². The van der Waals surface area contributed by atoms with Crippen LogP contribution in [-0.4, -0.2) is 0 Å². The molecule has 0 amide bonds. The number of rotatable bonds is 1. The second-order valence-electron chi connectivity index (χ2n) is 1.57. The molecule has 0 aromatic carbocycles. The summed E-state index contributed by atoms with van der Waals surface area (Å²) in [4.78, 5) is 0. The molecule has 0 aromatic heterocycles. The number of allylic oxidation sites excluding steroid dienone is 4.